The molecule has 2 aromatic rings. The Bertz CT molecular complexity index is 633. The van der Waals surface area contributed by atoms with Crippen LogP contribution in [-0.2, 0) is 0 Å². The second kappa shape index (κ2) is 6.09. The predicted molar refractivity (Wildman–Crippen MR) is 81.9 cm³/mol. The monoisotopic (exact) mass is 334 g/mol. The quantitative estimate of drug-likeness (QED) is 0.792. The van der Waals surface area contributed by atoms with E-state index in [4.69, 9.17) is 9.47 Å². The number of rotatable bonds is 4. The molecule has 20 heavy (non-hydrogen) atoms. The van der Waals surface area contributed by atoms with Gasteiger partial charge in [0.05, 0.1) is 19.8 Å². The molecule has 4 heteroatoms. The Hall–Kier alpha value is -1.81. The van der Waals surface area contributed by atoms with E-state index in [1.54, 1.807) is 19.2 Å². The summed E-state index contributed by atoms with van der Waals surface area (Å²) >= 11 is 3.41. The number of carbonyl (C=O) groups excluding carboxylic acids is 1. The van der Waals surface area contributed by atoms with Crippen LogP contribution in [0.5, 0.6) is 11.5 Å². The van der Waals surface area contributed by atoms with Gasteiger partial charge in [-0.3, -0.25) is 4.79 Å². The highest BCUT2D eigenvalue weighted by Gasteiger charge is 2.19. The molecular formula is C16H15BrO3. The van der Waals surface area contributed by atoms with Crippen LogP contribution >= 0.6 is 15.9 Å². The van der Waals surface area contributed by atoms with E-state index in [-0.39, 0.29) is 5.78 Å². The third-order valence-corrected chi connectivity index (χ3v) is 3.65. The maximum atomic E-state index is 12.6. The lowest BCUT2D eigenvalue weighted by molar-refractivity contribution is 0.103. The first-order chi connectivity index (χ1) is 9.56. The molecule has 104 valence electrons. The number of hydrogen-bond donors (Lipinski definition) is 0. The highest BCUT2D eigenvalue weighted by Crippen LogP contribution is 2.34. The Kier molecular flexibility index (Phi) is 4.45. The van der Waals surface area contributed by atoms with Gasteiger partial charge in [0, 0.05) is 16.1 Å². The highest BCUT2D eigenvalue weighted by atomic mass is 79.9. The fourth-order valence-corrected chi connectivity index (χ4v) is 2.51. The van der Waals surface area contributed by atoms with E-state index in [2.05, 4.69) is 15.9 Å². The zero-order valence-corrected chi connectivity index (χ0v) is 13.2. The molecule has 2 rings (SSSR count). The van der Waals surface area contributed by atoms with Crippen LogP contribution in [0.2, 0.25) is 0 Å². The summed E-state index contributed by atoms with van der Waals surface area (Å²) in [6.07, 6.45) is 0. The Balaban J connectivity index is 2.51. The van der Waals surface area contributed by atoms with Gasteiger partial charge in [-0.2, -0.15) is 0 Å². The summed E-state index contributed by atoms with van der Waals surface area (Å²) in [5.74, 6) is 1.03. The van der Waals surface area contributed by atoms with E-state index in [9.17, 15) is 4.79 Å². The number of aryl methyl sites for hydroxylation is 1. The zero-order chi connectivity index (χ0) is 14.7. The first kappa shape index (κ1) is 14.6. The minimum Gasteiger partial charge on any atom is -0.497 e. The Labute approximate surface area is 126 Å². The Morgan fingerprint density at radius 1 is 1.05 bits per heavy atom. The molecule has 0 fully saturated rings. The van der Waals surface area contributed by atoms with Gasteiger partial charge in [-0.25, -0.2) is 0 Å². The van der Waals surface area contributed by atoms with Gasteiger partial charge in [-0.1, -0.05) is 29.8 Å². The molecule has 0 aliphatic carbocycles. The molecule has 0 atom stereocenters. The lowest BCUT2D eigenvalue weighted by Crippen LogP contribution is -2.05. The molecule has 0 saturated heterocycles. The summed E-state index contributed by atoms with van der Waals surface area (Å²) in [4.78, 5) is 12.6. The van der Waals surface area contributed by atoms with Crippen molar-refractivity contribution in [3.8, 4) is 11.5 Å². The third-order valence-electron chi connectivity index (χ3n) is 3.02. The largest absolute Gasteiger partial charge is 0.497 e. The molecule has 0 saturated carbocycles. The van der Waals surface area contributed by atoms with Gasteiger partial charge < -0.3 is 9.47 Å². The van der Waals surface area contributed by atoms with Gasteiger partial charge in [0.15, 0.2) is 5.78 Å². The van der Waals surface area contributed by atoms with Crippen molar-refractivity contribution in [2.75, 3.05) is 14.2 Å². The maximum absolute atomic E-state index is 12.6. The molecule has 0 aliphatic rings. The second-order valence-electron chi connectivity index (χ2n) is 4.38. The molecule has 0 amide bonds. The molecule has 0 aromatic heterocycles. The summed E-state index contributed by atoms with van der Waals surface area (Å²) in [6.45, 7) is 1.98. The van der Waals surface area contributed by atoms with Crippen molar-refractivity contribution in [1.29, 1.82) is 0 Å². The Morgan fingerprint density at radius 2 is 1.70 bits per heavy atom. The number of hydrogen-bond acceptors (Lipinski definition) is 3. The van der Waals surface area contributed by atoms with Gasteiger partial charge in [-0.15, -0.1) is 0 Å². The number of ketones is 1. The third kappa shape index (κ3) is 2.85. The first-order valence-corrected chi connectivity index (χ1v) is 6.89. The molecule has 0 bridgehead atoms. The standard InChI is InChI=1S/C16H15BrO3/c1-10-4-6-11(7-5-10)16(18)15-13(17)8-12(19-2)9-14(15)20-3/h4-9H,1-3H3. The number of benzene rings is 2. The number of ether oxygens (including phenoxy) is 2. The molecule has 3 nitrogen and oxygen atoms in total. The normalized spacial score (nSPS) is 10.2. The molecule has 0 unspecified atom stereocenters. The second-order valence-corrected chi connectivity index (χ2v) is 5.24. The van der Waals surface area contributed by atoms with Crippen LogP contribution < -0.4 is 9.47 Å². The highest BCUT2D eigenvalue weighted by molar-refractivity contribution is 9.10. The van der Waals surface area contributed by atoms with Crippen LogP contribution in [0, 0.1) is 6.92 Å². The smallest absolute Gasteiger partial charge is 0.197 e. The average Bonchev–Trinajstić information content (AvgIpc) is 2.46. The molecule has 0 radical (unpaired) electrons. The number of halogens is 1. The van der Waals surface area contributed by atoms with Crippen molar-refractivity contribution in [1.82, 2.24) is 0 Å². The first-order valence-electron chi connectivity index (χ1n) is 6.09. The SMILES string of the molecule is COc1cc(Br)c(C(=O)c2ccc(C)cc2)c(OC)c1. The average molecular weight is 335 g/mol. The topological polar surface area (TPSA) is 35.5 Å². The van der Waals surface area contributed by atoms with Crippen molar-refractivity contribution in [3.63, 3.8) is 0 Å². The van der Waals surface area contributed by atoms with E-state index < -0.39 is 0 Å². The summed E-state index contributed by atoms with van der Waals surface area (Å²) < 4.78 is 11.1. The minimum atomic E-state index is -0.0867. The fraction of sp³-hybridized carbons (Fsp3) is 0.188. The van der Waals surface area contributed by atoms with Crippen LogP contribution in [0.4, 0.5) is 0 Å². The minimum absolute atomic E-state index is 0.0867. The molecule has 0 heterocycles. The van der Waals surface area contributed by atoms with Gasteiger partial charge in [-0.05, 0) is 28.9 Å². The van der Waals surface area contributed by atoms with Gasteiger partial charge in [0.25, 0.3) is 0 Å². The summed E-state index contributed by atoms with van der Waals surface area (Å²) in [6, 6.07) is 10.9. The van der Waals surface area contributed by atoms with Crippen LogP contribution in [-0.4, -0.2) is 20.0 Å². The van der Waals surface area contributed by atoms with E-state index in [1.807, 2.05) is 31.2 Å². The van der Waals surface area contributed by atoms with Crippen LogP contribution in [0.1, 0.15) is 21.5 Å². The predicted octanol–water partition coefficient (Wildman–Crippen LogP) is 4.01. The van der Waals surface area contributed by atoms with Crippen molar-refractivity contribution in [3.05, 3.63) is 57.6 Å². The van der Waals surface area contributed by atoms with E-state index in [1.165, 1.54) is 7.11 Å². The maximum Gasteiger partial charge on any atom is 0.197 e. The van der Waals surface area contributed by atoms with E-state index >= 15 is 0 Å². The summed E-state index contributed by atoms with van der Waals surface area (Å²) in [5.41, 5.74) is 2.24. The lowest BCUT2D eigenvalue weighted by atomic mass is 10.0. The van der Waals surface area contributed by atoms with Crippen LogP contribution in [0.15, 0.2) is 40.9 Å². The zero-order valence-electron chi connectivity index (χ0n) is 11.6. The summed E-state index contributed by atoms with van der Waals surface area (Å²) in [7, 11) is 3.11. The van der Waals surface area contributed by atoms with Crippen LogP contribution in [0.3, 0.4) is 0 Å². The van der Waals surface area contributed by atoms with Crippen molar-refractivity contribution in [2.24, 2.45) is 0 Å². The van der Waals surface area contributed by atoms with Crippen molar-refractivity contribution >= 4 is 21.7 Å². The van der Waals surface area contributed by atoms with Crippen molar-refractivity contribution < 1.29 is 14.3 Å². The Morgan fingerprint density at radius 3 is 2.25 bits per heavy atom. The van der Waals surface area contributed by atoms with Crippen LogP contribution in [0.25, 0.3) is 0 Å². The van der Waals surface area contributed by atoms with Crippen molar-refractivity contribution in [2.45, 2.75) is 6.92 Å². The lowest BCUT2D eigenvalue weighted by Gasteiger charge is -2.12. The van der Waals surface area contributed by atoms with E-state index in [0.29, 0.717) is 27.1 Å². The number of carbonyl (C=O) groups is 1. The molecule has 2 aromatic carbocycles. The molecule has 0 spiro atoms. The molecule has 0 N–H and O–H groups in total. The summed E-state index contributed by atoms with van der Waals surface area (Å²) in [5, 5.41) is 0. The fourth-order valence-electron chi connectivity index (χ4n) is 1.91. The molecular weight excluding hydrogens is 320 g/mol. The van der Waals surface area contributed by atoms with Gasteiger partial charge >= 0.3 is 0 Å². The molecule has 0 aliphatic heterocycles. The number of methoxy groups -OCH3 is 2. The van der Waals surface area contributed by atoms with E-state index in [0.717, 1.165) is 5.56 Å². The van der Waals surface area contributed by atoms with Gasteiger partial charge in [0.1, 0.15) is 11.5 Å². The van der Waals surface area contributed by atoms with Gasteiger partial charge in [0.2, 0.25) is 0 Å².